The number of benzene rings is 2. The van der Waals surface area contributed by atoms with E-state index in [0.29, 0.717) is 23.9 Å². The monoisotopic (exact) mass is 337 g/mol. The Morgan fingerprint density at radius 2 is 1.60 bits per heavy atom. The van der Waals surface area contributed by atoms with Gasteiger partial charge in [-0.05, 0) is 24.1 Å². The van der Waals surface area contributed by atoms with Crippen molar-refractivity contribution in [1.29, 1.82) is 0 Å². The summed E-state index contributed by atoms with van der Waals surface area (Å²) >= 11 is 0. The molecule has 0 amide bonds. The van der Waals surface area contributed by atoms with Crippen molar-refractivity contribution in [2.24, 2.45) is 5.92 Å². The summed E-state index contributed by atoms with van der Waals surface area (Å²) in [5, 5.41) is 9.32. The molecule has 2 aromatic rings. The number of aliphatic hydroxyl groups excluding tert-OH is 1. The molecule has 0 aliphatic carbocycles. The Bertz CT molecular complexity index is 624. The lowest BCUT2D eigenvalue weighted by atomic mass is 9.76. The van der Waals surface area contributed by atoms with Gasteiger partial charge in [-0.3, -0.25) is 10.9 Å². The molecule has 2 aliphatic rings. The number of nitrogens with one attached hydrogen (secondary N) is 2. The fourth-order valence-corrected chi connectivity index (χ4v) is 4.51. The van der Waals surface area contributed by atoms with Crippen LogP contribution in [0.5, 0.6) is 0 Å². The number of hydrogen-bond acceptors (Lipinski definition) is 4. The highest BCUT2D eigenvalue weighted by atomic mass is 16.3. The smallest absolute Gasteiger partial charge is 0.0558 e. The van der Waals surface area contributed by atoms with Gasteiger partial charge in [0.15, 0.2) is 0 Å². The van der Waals surface area contributed by atoms with E-state index in [9.17, 15) is 5.11 Å². The van der Waals surface area contributed by atoms with Crippen molar-refractivity contribution in [2.45, 2.75) is 24.4 Å². The summed E-state index contributed by atoms with van der Waals surface area (Å²) in [6.07, 6.45) is 1.13. The molecule has 0 radical (unpaired) electrons. The summed E-state index contributed by atoms with van der Waals surface area (Å²) in [4.78, 5) is 2.40. The maximum Gasteiger partial charge on any atom is 0.0558 e. The van der Waals surface area contributed by atoms with Gasteiger partial charge >= 0.3 is 0 Å². The van der Waals surface area contributed by atoms with Crippen LogP contribution in [-0.4, -0.2) is 48.3 Å². The molecule has 3 N–H and O–H groups in total. The fraction of sp³-hybridized carbons (Fsp3) is 0.429. The molecule has 4 heteroatoms. The number of likely N-dealkylation sites (tertiary alicyclic amines) is 1. The Morgan fingerprint density at radius 3 is 2.20 bits per heavy atom. The maximum absolute atomic E-state index is 9.32. The number of aliphatic hydroxyl groups is 1. The van der Waals surface area contributed by atoms with Crippen LogP contribution in [0.3, 0.4) is 0 Å². The summed E-state index contributed by atoms with van der Waals surface area (Å²) in [5.74, 6) is 0.852. The van der Waals surface area contributed by atoms with Crippen LogP contribution in [0.4, 0.5) is 0 Å². The first kappa shape index (κ1) is 16.7. The zero-order valence-electron chi connectivity index (χ0n) is 14.5. The number of β-amino-alcohol motifs (C(OH)–C–C–N with tert-alkyl or cyclic N) is 1. The Morgan fingerprint density at radius 1 is 0.960 bits per heavy atom. The lowest BCUT2D eigenvalue weighted by Crippen LogP contribution is -2.48. The second-order valence-corrected chi connectivity index (χ2v) is 7.20. The average molecular weight is 337 g/mol. The number of hydrogen-bond donors (Lipinski definition) is 3. The number of hydrazine groups is 1. The second-order valence-electron chi connectivity index (χ2n) is 7.20. The molecule has 2 heterocycles. The Balaban J connectivity index is 1.65. The molecule has 4 rings (SSSR count). The van der Waals surface area contributed by atoms with Gasteiger partial charge in [-0.25, -0.2) is 0 Å². The summed E-state index contributed by atoms with van der Waals surface area (Å²) in [6.45, 7) is 3.11. The molecule has 4 nitrogen and oxygen atoms in total. The van der Waals surface area contributed by atoms with Gasteiger partial charge in [-0.15, -0.1) is 0 Å². The van der Waals surface area contributed by atoms with Crippen molar-refractivity contribution in [3.63, 3.8) is 0 Å². The molecule has 2 aliphatic heterocycles. The third-order valence-corrected chi connectivity index (χ3v) is 5.73. The highest BCUT2D eigenvalue weighted by Gasteiger charge is 2.43. The van der Waals surface area contributed by atoms with Crippen LogP contribution in [0.1, 0.15) is 23.5 Å². The van der Waals surface area contributed by atoms with Crippen molar-refractivity contribution in [2.75, 3.05) is 26.2 Å². The summed E-state index contributed by atoms with van der Waals surface area (Å²) in [7, 11) is 0. The van der Waals surface area contributed by atoms with E-state index < -0.39 is 0 Å². The normalized spacial score (nSPS) is 26.7. The van der Waals surface area contributed by atoms with Gasteiger partial charge < -0.3 is 10.0 Å². The van der Waals surface area contributed by atoms with Gasteiger partial charge in [-0.1, -0.05) is 60.7 Å². The van der Waals surface area contributed by atoms with Crippen LogP contribution >= 0.6 is 0 Å². The van der Waals surface area contributed by atoms with Crippen LogP contribution in [0.15, 0.2) is 60.7 Å². The first-order chi connectivity index (χ1) is 12.4. The molecule has 3 unspecified atom stereocenters. The molecule has 2 saturated heterocycles. The van der Waals surface area contributed by atoms with Crippen LogP contribution in [0.25, 0.3) is 0 Å². The average Bonchev–Trinajstić information content (AvgIpc) is 3.07. The van der Waals surface area contributed by atoms with E-state index in [4.69, 9.17) is 0 Å². The molecular weight excluding hydrogens is 310 g/mol. The maximum atomic E-state index is 9.32. The predicted molar refractivity (Wildman–Crippen MR) is 100 cm³/mol. The van der Waals surface area contributed by atoms with Crippen molar-refractivity contribution in [3.8, 4) is 0 Å². The first-order valence-corrected chi connectivity index (χ1v) is 9.31. The van der Waals surface area contributed by atoms with Crippen molar-refractivity contribution < 1.29 is 5.11 Å². The van der Waals surface area contributed by atoms with E-state index >= 15 is 0 Å². The summed E-state index contributed by atoms with van der Waals surface area (Å²) in [5.41, 5.74) is 9.88. The number of nitrogens with zero attached hydrogens (tertiary/aromatic N) is 1. The van der Waals surface area contributed by atoms with Crippen molar-refractivity contribution in [1.82, 2.24) is 15.8 Å². The largest absolute Gasteiger partial charge is 0.395 e. The van der Waals surface area contributed by atoms with Gasteiger partial charge in [0, 0.05) is 37.0 Å². The SMILES string of the molecule is OCCN1CCC2NNC(C(c3ccccc3)c3ccccc3)C2C1. The topological polar surface area (TPSA) is 47.5 Å². The van der Waals surface area contributed by atoms with Gasteiger partial charge in [-0.2, -0.15) is 0 Å². The molecule has 0 saturated carbocycles. The molecule has 2 aromatic carbocycles. The van der Waals surface area contributed by atoms with Crippen LogP contribution in [0.2, 0.25) is 0 Å². The zero-order valence-corrected chi connectivity index (χ0v) is 14.5. The van der Waals surface area contributed by atoms with Gasteiger partial charge in [0.25, 0.3) is 0 Å². The molecule has 25 heavy (non-hydrogen) atoms. The predicted octanol–water partition coefficient (Wildman–Crippen LogP) is 1.98. The van der Waals surface area contributed by atoms with E-state index in [-0.39, 0.29) is 6.61 Å². The van der Waals surface area contributed by atoms with E-state index in [1.165, 1.54) is 11.1 Å². The third-order valence-electron chi connectivity index (χ3n) is 5.73. The molecule has 0 bridgehead atoms. The molecule has 0 spiro atoms. The fourth-order valence-electron chi connectivity index (χ4n) is 4.51. The van der Waals surface area contributed by atoms with E-state index in [2.05, 4.69) is 76.4 Å². The standard InChI is InChI=1S/C21H27N3O/c25-14-13-24-12-11-19-18(15-24)21(23-22-19)20(16-7-3-1-4-8-16)17-9-5-2-6-10-17/h1-10,18-23,25H,11-15H2. The number of fused-ring (bicyclic) bond motifs is 1. The minimum atomic E-state index is 0.240. The first-order valence-electron chi connectivity index (χ1n) is 9.31. The van der Waals surface area contributed by atoms with Crippen LogP contribution in [0, 0.1) is 5.92 Å². The Hall–Kier alpha value is -1.72. The molecule has 132 valence electrons. The van der Waals surface area contributed by atoms with E-state index in [1.807, 2.05) is 0 Å². The van der Waals surface area contributed by atoms with Gasteiger partial charge in [0.2, 0.25) is 0 Å². The van der Waals surface area contributed by atoms with Crippen LogP contribution < -0.4 is 10.9 Å². The minimum Gasteiger partial charge on any atom is -0.395 e. The quantitative estimate of drug-likeness (QED) is 0.781. The Kier molecular flexibility index (Phi) is 5.13. The highest BCUT2D eigenvalue weighted by Crippen LogP contribution is 2.36. The molecule has 3 atom stereocenters. The van der Waals surface area contributed by atoms with Crippen molar-refractivity contribution in [3.05, 3.63) is 71.8 Å². The van der Waals surface area contributed by atoms with Gasteiger partial charge in [0.1, 0.15) is 0 Å². The minimum absolute atomic E-state index is 0.240. The molecular formula is C21H27N3O. The zero-order chi connectivity index (χ0) is 17.1. The lowest BCUT2D eigenvalue weighted by molar-refractivity contribution is 0.124. The highest BCUT2D eigenvalue weighted by molar-refractivity contribution is 5.35. The van der Waals surface area contributed by atoms with E-state index in [1.54, 1.807) is 0 Å². The Labute approximate surface area is 149 Å². The lowest BCUT2D eigenvalue weighted by Gasteiger charge is -2.38. The molecule has 2 fully saturated rings. The van der Waals surface area contributed by atoms with Crippen LogP contribution in [-0.2, 0) is 0 Å². The second kappa shape index (κ2) is 7.67. The van der Waals surface area contributed by atoms with Crippen molar-refractivity contribution >= 4 is 0 Å². The summed E-state index contributed by atoms with van der Waals surface area (Å²) in [6, 6.07) is 22.5. The third kappa shape index (κ3) is 3.48. The van der Waals surface area contributed by atoms with E-state index in [0.717, 1.165) is 26.1 Å². The number of rotatable bonds is 5. The summed E-state index contributed by atoms with van der Waals surface area (Å²) < 4.78 is 0. The number of piperidine rings is 1. The van der Waals surface area contributed by atoms with Gasteiger partial charge in [0.05, 0.1) is 6.61 Å². The molecule has 0 aromatic heterocycles.